The van der Waals surface area contributed by atoms with Crippen LogP contribution in [0.5, 0.6) is 5.75 Å². The normalized spacial score (nSPS) is 16.3. The number of halogens is 1. The number of hydrogen-bond donors (Lipinski definition) is 1. The molecule has 0 radical (unpaired) electrons. The van der Waals surface area contributed by atoms with Gasteiger partial charge in [-0.05, 0) is 37.8 Å². The number of carbonyl (C=O) groups is 1. The van der Waals surface area contributed by atoms with E-state index in [1.54, 1.807) is 0 Å². The van der Waals surface area contributed by atoms with Gasteiger partial charge in [0.2, 0.25) is 0 Å². The summed E-state index contributed by atoms with van der Waals surface area (Å²) >= 11 is 0. The lowest BCUT2D eigenvalue weighted by atomic mass is 10.2. The van der Waals surface area contributed by atoms with E-state index < -0.39 is 11.8 Å². The van der Waals surface area contributed by atoms with E-state index in [0.29, 0.717) is 0 Å². The second kappa shape index (κ2) is 4.51. The highest BCUT2D eigenvalue weighted by Gasteiger charge is 2.22. The van der Waals surface area contributed by atoms with Gasteiger partial charge < -0.3 is 9.84 Å². The molecule has 1 fully saturated rings. The van der Waals surface area contributed by atoms with Crippen LogP contribution < -0.4 is 4.74 Å². The molecule has 1 aliphatic carbocycles. The molecule has 0 heterocycles. The summed E-state index contributed by atoms with van der Waals surface area (Å²) in [7, 11) is 0. The van der Waals surface area contributed by atoms with Crippen molar-refractivity contribution in [3.8, 4) is 5.75 Å². The smallest absolute Gasteiger partial charge is 0.342 e. The molecule has 2 rings (SSSR count). The molecular formula is C12H13FO3. The fraction of sp³-hybridized carbons (Fsp3) is 0.417. The van der Waals surface area contributed by atoms with Crippen molar-refractivity contribution in [2.75, 3.05) is 0 Å². The van der Waals surface area contributed by atoms with Gasteiger partial charge in [0.25, 0.3) is 0 Å². The highest BCUT2D eigenvalue weighted by atomic mass is 19.1. The SMILES string of the molecule is O=C(O)c1c(F)cccc1OC1CCCC1. The standard InChI is InChI=1S/C12H13FO3/c13-9-6-3-7-10(11(9)12(14)15)16-8-4-1-2-5-8/h3,6-8H,1-2,4-5H2,(H,14,15). The zero-order valence-corrected chi connectivity index (χ0v) is 8.78. The molecule has 1 aromatic rings. The molecule has 0 spiro atoms. The first-order chi connectivity index (χ1) is 7.68. The molecule has 0 bridgehead atoms. The van der Waals surface area contributed by atoms with Gasteiger partial charge in [-0.15, -0.1) is 0 Å². The van der Waals surface area contributed by atoms with E-state index in [1.165, 1.54) is 12.1 Å². The molecule has 0 saturated heterocycles. The third kappa shape index (κ3) is 2.15. The molecule has 16 heavy (non-hydrogen) atoms. The van der Waals surface area contributed by atoms with E-state index in [-0.39, 0.29) is 17.4 Å². The van der Waals surface area contributed by atoms with Gasteiger partial charge in [-0.3, -0.25) is 0 Å². The maximum absolute atomic E-state index is 13.3. The quantitative estimate of drug-likeness (QED) is 0.858. The van der Waals surface area contributed by atoms with E-state index in [9.17, 15) is 9.18 Å². The molecular weight excluding hydrogens is 211 g/mol. The molecule has 0 unspecified atom stereocenters. The predicted octanol–water partition coefficient (Wildman–Crippen LogP) is 2.85. The Morgan fingerprint density at radius 3 is 2.69 bits per heavy atom. The van der Waals surface area contributed by atoms with Crippen molar-refractivity contribution >= 4 is 5.97 Å². The number of benzene rings is 1. The Kier molecular flexibility index (Phi) is 3.08. The van der Waals surface area contributed by atoms with Crippen molar-refractivity contribution in [3.05, 3.63) is 29.6 Å². The highest BCUT2D eigenvalue weighted by molar-refractivity contribution is 5.91. The molecule has 4 heteroatoms. The molecule has 1 saturated carbocycles. The van der Waals surface area contributed by atoms with Gasteiger partial charge in [0.1, 0.15) is 17.1 Å². The van der Waals surface area contributed by atoms with Crippen LogP contribution in [0.25, 0.3) is 0 Å². The molecule has 0 aliphatic heterocycles. The lowest BCUT2D eigenvalue weighted by molar-refractivity contribution is 0.0683. The number of ether oxygens (including phenoxy) is 1. The number of rotatable bonds is 3. The van der Waals surface area contributed by atoms with E-state index >= 15 is 0 Å². The topological polar surface area (TPSA) is 46.5 Å². The fourth-order valence-electron chi connectivity index (χ4n) is 2.00. The summed E-state index contributed by atoms with van der Waals surface area (Å²) < 4.78 is 18.8. The van der Waals surface area contributed by atoms with Crippen molar-refractivity contribution < 1.29 is 19.0 Å². The number of carboxylic acid groups (broad SMARTS) is 1. The maximum Gasteiger partial charge on any atom is 0.342 e. The Bertz CT molecular complexity index is 397. The van der Waals surface area contributed by atoms with Crippen LogP contribution in [-0.2, 0) is 0 Å². The van der Waals surface area contributed by atoms with Crippen molar-refractivity contribution in [1.82, 2.24) is 0 Å². The van der Waals surface area contributed by atoms with Crippen molar-refractivity contribution in [2.24, 2.45) is 0 Å². The first kappa shape index (κ1) is 10.9. The third-order valence-electron chi connectivity index (χ3n) is 2.79. The predicted molar refractivity (Wildman–Crippen MR) is 56.2 cm³/mol. The van der Waals surface area contributed by atoms with Crippen LogP contribution >= 0.6 is 0 Å². The largest absolute Gasteiger partial charge is 0.489 e. The fourth-order valence-corrected chi connectivity index (χ4v) is 2.00. The summed E-state index contributed by atoms with van der Waals surface area (Å²) in [4.78, 5) is 10.9. The highest BCUT2D eigenvalue weighted by Crippen LogP contribution is 2.27. The van der Waals surface area contributed by atoms with Gasteiger partial charge >= 0.3 is 5.97 Å². The van der Waals surface area contributed by atoms with Crippen LogP contribution in [0.1, 0.15) is 36.0 Å². The van der Waals surface area contributed by atoms with Crippen LogP contribution in [0.4, 0.5) is 4.39 Å². The molecule has 3 nitrogen and oxygen atoms in total. The minimum Gasteiger partial charge on any atom is -0.489 e. The van der Waals surface area contributed by atoms with Gasteiger partial charge in [-0.25, -0.2) is 9.18 Å². The summed E-state index contributed by atoms with van der Waals surface area (Å²) in [6.07, 6.45) is 4.02. The van der Waals surface area contributed by atoms with Crippen LogP contribution in [0.2, 0.25) is 0 Å². The van der Waals surface area contributed by atoms with Crippen LogP contribution in [-0.4, -0.2) is 17.2 Å². The maximum atomic E-state index is 13.3. The second-order valence-electron chi connectivity index (χ2n) is 3.94. The van der Waals surface area contributed by atoms with Gasteiger partial charge in [-0.2, -0.15) is 0 Å². The van der Waals surface area contributed by atoms with Gasteiger partial charge in [0, 0.05) is 0 Å². The first-order valence-corrected chi connectivity index (χ1v) is 5.37. The number of hydrogen-bond acceptors (Lipinski definition) is 2. The zero-order chi connectivity index (χ0) is 11.5. The van der Waals surface area contributed by atoms with E-state index in [0.717, 1.165) is 31.7 Å². The summed E-state index contributed by atoms with van der Waals surface area (Å²) in [6.45, 7) is 0. The van der Waals surface area contributed by atoms with Gasteiger partial charge in [0.15, 0.2) is 0 Å². The van der Waals surface area contributed by atoms with Crippen molar-refractivity contribution in [3.63, 3.8) is 0 Å². The monoisotopic (exact) mass is 224 g/mol. The molecule has 0 atom stereocenters. The average Bonchev–Trinajstić information content (AvgIpc) is 2.70. The van der Waals surface area contributed by atoms with Crippen molar-refractivity contribution in [1.29, 1.82) is 0 Å². The van der Waals surface area contributed by atoms with E-state index in [4.69, 9.17) is 9.84 Å². The summed E-state index contributed by atoms with van der Waals surface area (Å²) in [5.41, 5.74) is -0.366. The Hall–Kier alpha value is -1.58. The Labute approximate surface area is 92.9 Å². The molecule has 1 aromatic carbocycles. The molecule has 1 N–H and O–H groups in total. The lowest BCUT2D eigenvalue weighted by Gasteiger charge is -2.15. The summed E-state index contributed by atoms with van der Waals surface area (Å²) in [5.74, 6) is -1.89. The molecule has 86 valence electrons. The Morgan fingerprint density at radius 2 is 2.06 bits per heavy atom. The zero-order valence-electron chi connectivity index (χ0n) is 8.78. The Balaban J connectivity index is 2.25. The molecule has 1 aliphatic rings. The summed E-state index contributed by atoms with van der Waals surface area (Å²) in [6, 6.07) is 4.10. The minimum atomic E-state index is -1.29. The number of carboxylic acids is 1. The lowest BCUT2D eigenvalue weighted by Crippen LogP contribution is -2.14. The summed E-state index contributed by atoms with van der Waals surface area (Å²) in [5, 5.41) is 8.90. The first-order valence-electron chi connectivity index (χ1n) is 5.37. The van der Waals surface area contributed by atoms with Crippen LogP contribution in [0, 0.1) is 5.82 Å². The van der Waals surface area contributed by atoms with Gasteiger partial charge in [-0.1, -0.05) is 6.07 Å². The average molecular weight is 224 g/mol. The van der Waals surface area contributed by atoms with Gasteiger partial charge in [0.05, 0.1) is 6.10 Å². The minimum absolute atomic E-state index is 0.0277. The second-order valence-corrected chi connectivity index (χ2v) is 3.94. The van der Waals surface area contributed by atoms with E-state index in [1.807, 2.05) is 0 Å². The molecule has 0 aromatic heterocycles. The van der Waals surface area contributed by atoms with Crippen molar-refractivity contribution in [2.45, 2.75) is 31.8 Å². The van der Waals surface area contributed by atoms with E-state index in [2.05, 4.69) is 0 Å². The number of aromatic carboxylic acids is 1. The Morgan fingerprint density at radius 1 is 1.38 bits per heavy atom. The van der Waals surface area contributed by atoms with Crippen LogP contribution in [0.15, 0.2) is 18.2 Å². The van der Waals surface area contributed by atoms with Crippen LogP contribution in [0.3, 0.4) is 0 Å². The third-order valence-corrected chi connectivity index (χ3v) is 2.79. The molecule has 0 amide bonds.